The molecule has 2 aliphatic rings. The Labute approximate surface area is 107 Å². The summed E-state index contributed by atoms with van der Waals surface area (Å²) in [4.78, 5) is 2.24. The van der Waals surface area contributed by atoms with Gasteiger partial charge in [0.1, 0.15) is 13.2 Å². The first-order valence-electron chi connectivity index (χ1n) is 6.29. The second kappa shape index (κ2) is 4.51. The zero-order chi connectivity index (χ0) is 12.5. The van der Waals surface area contributed by atoms with Gasteiger partial charge in [-0.05, 0) is 36.7 Å². The van der Waals surface area contributed by atoms with Gasteiger partial charge in [-0.25, -0.2) is 0 Å². The van der Waals surface area contributed by atoms with E-state index in [9.17, 15) is 0 Å². The molecule has 4 nitrogen and oxygen atoms in total. The van der Waals surface area contributed by atoms with Crippen LogP contribution in [0.25, 0.3) is 0 Å². The fourth-order valence-electron chi connectivity index (χ4n) is 2.72. The van der Waals surface area contributed by atoms with Crippen molar-refractivity contribution >= 4 is 0 Å². The summed E-state index contributed by atoms with van der Waals surface area (Å²) in [5.41, 5.74) is 2.51. The Kier molecular flexibility index (Phi) is 2.85. The lowest BCUT2D eigenvalue weighted by atomic mass is 9.91. The van der Waals surface area contributed by atoms with Gasteiger partial charge in [0.2, 0.25) is 0 Å². The summed E-state index contributed by atoms with van der Waals surface area (Å²) in [6.45, 7) is 2.21. The van der Waals surface area contributed by atoms with Gasteiger partial charge in [-0.3, -0.25) is 4.90 Å². The van der Waals surface area contributed by atoms with E-state index >= 15 is 0 Å². The first kappa shape index (κ1) is 11.4. The minimum Gasteiger partial charge on any atom is -0.486 e. The number of ether oxygens (including phenoxy) is 2. The lowest BCUT2D eigenvalue weighted by Gasteiger charge is -2.34. The SMILES string of the molecule is CN1CCc2cc3c(cc2C1CC#N)OCCO3. The van der Waals surface area contributed by atoms with Crippen molar-refractivity contribution in [1.82, 2.24) is 4.90 Å². The largest absolute Gasteiger partial charge is 0.486 e. The minimum absolute atomic E-state index is 0.176. The molecule has 0 N–H and O–H groups in total. The van der Waals surface area contributed by atoms with Gasteiger partial charge in [0.15, 0.2) is 11.5 Å². The van der Waals surface area contributed by atoms with Crippen LogP contribution in [0.1, 0.15) is 23.6 Å². The van der Waals surface area contributed by atoms with E-state index in [2.05, 4.69) is 30.1 Å². The number of likely N-dealkylation sites (N-methyl/N-ethyl adjacent to an activating group) is 1. The van der Waals surface area contributed by atoms with Gasteiger partial charge in [0, 0.05) is 12.6 Å². The van der Waals surface area contributed by atoms with E-state index < -0.39 is 0 Å². The molecule has 0 aromatic heterocycles. The summed E-state index contributed by atoms with van der Waals surface area (Å²) in [5.74, 6) is 1.67. The lowest BCUT2D eigenvalue weighted by Crippen LogP contribution is -2.32. The molecular formula is C14H16N2O2. The number of nitriles is 1. The van der Waals surface area contributed by atoms with Gasteiger partial charge in [-0.2, -0.15) is 5.26 Å². The van der Waals surface area contributed by atoms with Crippen molar-refractivity contribution < 1.29 is 9.47 Å². The molecule has 1 atom stereocenters. The number of nitrogens with zero attached hydrogens (tertiary/aromatic N) is 2. The van der Waals surface area contributed by atoms with Crippen LogP contribution in [0.2, 0.25) is 0 Å². The highest BCUT2D eigenvalue weighted by atomic mass is 16.6. The third-order valence-corrected chi connectivity index (χ3v) is 3.71. The van der Waals surface area contributed by atoms with Crippen molar-refractivity contribution in [3.63, 3.8) is 0 Å². The van der Waals surface area contributed by atoms with Crippen molar-refractivity contribution in [3.8, 4) is 17.6 Å². The number of hydrogen-bond acceptors (Lipinski definition) is 4. The smallest absolute Gasteiger partial charge is 0.161 e. The Balaban J connectivity index is 2.04. The van der Waals surface area contributed by atoms with E-state index in [0.29, 0.717) is 19.6 Å². The topological polar surface area (TPSA) is 45.5 Å². The molecule has 0 spiro atoms. The quantitative estimate of drug-likeness (QED) is 0.757. The molecule has 0 amide bonds. The summed E-state index contributed by atoms with van der Waals surface area (Å²) < 4.78 is 11.2. The maximum Gasteiger partial charge on any atom is 0.161 e. The monoisotopic (exact) mass is 244 g/mol. The van der Waals surface area contributed by atoms with E-state index in [0.717, 1.165) is 24.5 Å². The van der Waals surface area contributed by atoms with Gasteiger partial charge in [-0.1, -0.05) is 0 Å². The first-order chi connectivity index (χ1) is 8.79. The first-order valence-corrected chi connectivity index (χ1v) is 6.29. The van der Waals surface area contributed by atoms with Gasteiger partial charge >= 0.3 is 0 Å². The zero-order valence-corrected chi connectivity index (χ0v) is 10.5. The van der Waals surface area contributed by atoms with Crippen molar-refractivity contribution in [2.75, 3.05) is 26.8 Å². The van der Waals surface area contributed by atoms with Gasteiger partial charge < -0.3 is 9.47 Å². The molecule has 94 valence electrons. The summed E-state index contributed by atoms with van der Waals surface area (Å²) in [7, 11) is 2.07. The number of fused-ring (bicyclic) bond motifs is 2. The molecule has 0 aliphatic carbocycles. The van der Waals surface area contributed by atoms with Gasteiger partial charge in [-0.15, -0.1) is 0 Å². The minimum atomic E-state index is 0.176. The van der Waals surface area contributed by atoms with Crippen LogP contribution in [-0.4, -0.2) is 31.7 Å². The Morgan fingerprint density at radius 2 is 2.06 bits per heavy atom. The third kappa shape index (κ3) is 1.81. The van der Waals surface area contributed by atoms with Crippen molar-refractivity contribution in [1.29, 1.82) is 5.26 Å². The van der Waals surface area contributed by atoms with E-state index in [-0.39, 0.29) is 6.04 Å². The van der Waals surface area contributed by atoms with Crippen LogP contribution in [-0.2, 0) is 6.42 Å². The van der Waals surface area contributed by atoms with E-state index in [1.54, 1.807) is 0 Å². The molecule has 1 aromatic carbocycles. The summed E-state index contributed by atoms with van der Waals surface area (Å²) >= 11 is 0. The zero-order valence-electron chi connectivity index (χ0n) is 10.5. The summed E-state index contributed by atoms with van der Waals surface area (Å²) in [5, 5.41) is 8.97. The standard InChI is InChI=1S/C14H16N2O2/c1-16-5-3-10-8-13-14(18-7-6-17-13)9-11(10)12(16)2-4-15/h8-9,12H,2-3,5-7H2,1H3. The molecule has 18 heavy (non-hydrogen) atoms. The predicted octanol–water partition coefficient (Wildman–Crippen LogP) is 1.90. The molecular weight excluding hydrogens is 228 g/mol. The van der Waals surface area contributed by atoms with Crippen molar-refractivity contribution in [2.24, 2.45) is 0 Å². The third-order valence-electron chi connectivity index (χ3n) is 3.71. The highest BCUT2D eigenvalue weighted by Crippen LogP contribution is 2.39. The van der Waals surface area contributed by atoms with Gasteiger partial charge in [0.25, 0.3) is 0 Å². The van der Waals surface area contributed by atoms with Crippen LogP contribution in [0.15, 0.2) is 12.1 Å². The van der Waals surface area contributed by atoms with E-state index in [1.807, 2.05) is 0 Å². The maximum atomic E-state index is 8.97. The predicted molar refractivity (Wildman–Crippen MR) is 66.7 cm³/mol. The molecule has 0 bridgehead atoms. The fraction of sp³-hybridized carbons (Fsp3) is 0.500. The Hall–Kier alpha value is -1.73. The Morgan fingerprint density at radius 3 is 2.78 bits per heavy atom. The summed E-state index contributed by atoms with van der Waals surface area (Å²) in [6, 6.07) is 6.59. The molecule has 0 saturated carbocycles. The van der Waals surface area contributed by atoms with Crippen LogP contribution in [0.5, 0.6) is 11.5 Å². The van der Waals surface area contributed by atoms with Crippen LogP contribution in [0, 0.1) is 11.3 Å². The molecule has 2 aliphatic heterocycles. The highest BCUT2D eigenvalue weighted by molar-refractivity contribution is 5.50. The molecule has 4 heteroatoms. The molecule has 0 saturated heterocycles. The molecule has 1 aromatic rings. The number of benzene rings is 1. The van der Waals surface area contributed by atoms with Crippen LogP contribution < -0.4 is 9.47 Å². The Bertz CT molecular complexity index is 507. The van der Waals surface area contributed by atoms with Crippen molar-refractivity contribution in [3.05, 3.63) is 23.3 Å². The molecule has 2 heterocycles. The van der Waals surface area contributed by atoms with Crippen molar-refractivity contribution in [2.45, 2.75) is 18.9 Å². The number of hydrogen-bond donors (Lipinski definition) is 0. The summed E-state index contributed by atoms with van der Waals surface area (Å²) in [6.07, 6.45) is 1.52. The average Bonchev–Trinajstić information content (AvgIpc) is 2.40. The van der Waals surface area contributed by atoms with E-state index in [4.69, 9.17) is 14.7 Å². The fourth-order valence-corrected chi connectivity index (χ4v) is 2.72. The molecule has 0 radical (unpaired) electrons. The molecule has 0 fully saturated rings. The maximum absolute atomic E-state index is 8.97. The van der Waals surface area contributed by atoms with Crippen LogP contribution >= 0.6 is 0 Å². The lowest BCUT2D eigenvalue weighted by molar-refractivity contribution is 0.169. The normalized spacial score (nSPS) is 22.1. The van der Waals surface area contributed by atoms with Crippen LogP contribution in [0.4, 0.5) is 0 Å². The van der Waals surface area contributed by atoms with Crippen LogP contribution in [0.3, 0.4) is 0 Å². The highest BCUT2D eigenvalue weighted by Gasteiger charge is 2.27. The second-order valence-electron chi connectivity index (χ2n) is 4.80. The average molecular weight is 244 g/mol. The molecule has 3 rings (SSSR count). The van der Waals surface area contributed by atoms with Gasteiger partial charge in [0.05, 0.1) is 12.5 Å². The molecule has 1 unspecified atom stereocenters. The number of rotatable bonds is 1. The Morgan fingerprint density at radius 1 is 1.33 bits per heavy atom. The second-order valence-corrected chi connectivity index (χ2v) is 4.80. The van der Waals surface area contributed by atoms with E-state index in [1.165, 1.54) is 11.1 Å².